The number of esters is 1. The number of imide groups is 1. The summed E-state index contributed by atoms with van der Waals surface area (Å²) in [5.74, 6) is -0.0958. The number of amides is 2. The molecule has 38 heavy (non-hydrogen) atoms. The Bertz CT molecular complexity index is 1600. The first-order chi connectivity index (χ1) is 18.4. The predicted octanol–water partition coefficient (Wildman–Crippen LogP) is 7.48. The van der Waals surface area contributed by atoms with Crippen LogP contribution in [0.3, 0.4) is 0 Å². The van der Waals surface area contributed by atoms with E-state index < -0.39 is 11.9 Å². The van der Waals surface area contributed by atoms with Crippen LogP contribution in [-0.2, 0) is 4.79 Å². The molecule has 4 aromatic carbocycles. The van der Waals surface area contributed by atoms with Crippen LogP contribution >= 0.6 is 35.0 Å². The fourth-order valence-electron chi connectivity index (χ4n) is 3.90. The van der Waals surface area contributed by atoms with E-state index in [1.165, 1.54) is 12.1 Å². The number of halogens is 2. The number of carbonyl (C=O) groups is 3. The molecule has 1 aliphatic heterocycles. The van der Waals surface area contributed by atoms with E-state index in [9.17, 15) is 14.4 Å². The lowest BCUT2D eigenvalue weighted by Gasteiger charge is -2.14. The molecule has 1 aliphatic rings. The maximum Gasteiger partial charge on any atom is 0.345 e. The van der Waals surface area contributed by atoms with Crippen LogP contribution < -0.4 is 9.47 Å². The molecule has 1 fully saturated rings. The number of ether oxygens (including phenoxy) is 2. The second-order valence-corrected chi connectivity index (χ2v) is 10.1. The SMILES string of the molecule is O=C(Oc1cccc(/C=C2\SC(=O)N(CCOc3cccc4ccccc34)C2=O)c1)c1ccc(Cl)cc1Cl. The van der Waals surface area contributed by atoms with Gasteiger partial charge in [0.1, 0.15) is 18.1 Å². The maximum atomic E-state index is 12.9. The van der Waals surface area contributed by atoms with Gasteiger partial charge in [-0.3, -0.25) is 14.5 Å². The Morgan fingerprint density at radius 1 is 0.921 bits per heavy atom. The van der Waals surface area contributed by atoms with Crippen LogP contribution in [0.1, 0.15) is 15.9 Å². The molecule has 0 spiro atoms. The van der Waals surface area contributed by atoms with Crippen molar-refractivity contribution < 1.29 is 23.9 Å². The van der Waals surface area contributed by atoms with Crippen molar-refractivity contribution in [2.24, 2.45) is 0 Å². The van der Waals surface area contributed by atoms with Gasteiger partial charge in [0, 0.05) is 10.4 Å². The minimum atomic E-state index is -0.643. The average molecular weight is 564 g/mol. The third kappa shape index (κ3) is 5.70. The highest BCUT2D eigenvalue weighted by molar-refractivity contribution is 8.18. The largest absolute Gasteiger partial charge is 0.491 e. The van der Waals surface area contributed by atoms with Crippen LogP contribution in [0.25, 0.3) is 16.8 Å². The summed E-state index contributed by atoms with van der Waals surface area (Å²) < 4.78 is 11.3. The smallest absolute Gasteiger partial charge is 0.345 e. The highest BCUT2D eigenvalue weighted by atomic mass is 35.5. The fraction of sp³-hybridized carbons (Fsp3) is 0.0690. The number of carbonyl (C=O) groups excluding carboxylic acids is 3. The van der Waals surface area contributed by atoms with Gasteiger partial charge in [-0.25, -0.2) is 4.79 Å². The van der Waals surface area contributed by atoms with E-state index in [-0.39, 0.29) is 39.6 Å². The van der Waals surface area contributed by atoms with Crippen molar-refractivity contribution in [1.82, 2.24) is 4.90 Å². The average Bonchev–Trinajstić information content (AvgIpc) is 3.16. The summed E-state index contributed by atoms with van der Waals surface area (Å²) in [5, 5.41) is 2.22. The van der Waals surface area contributed by atoms with Gasteiger partial charge in [-0.15, -0.1) is 0 Å². The topological polar surface area (TPSA) is 72.9 Å². The molecular formula is C29H19Cl2NO5S. The van der Waals surface area contributed by atoms with Crippen LogP contribution in [-0.4, -0.2) is 35.2 Å². The zero-order valence-electron chi connectivity index (χ0n) is 19.7. The first kappa shape index (κ1) is 25.9. The third-order valence-electron chi connectivity index (χ3n) is 5.71. The summed E-state index contributed by atoms with van der Waals surface area (Å²) in [5.41, 5.74) is 0.767. The van der Waals surface area contributed by atoms with E-state index in [1.807, 2.05) is 42.5 Å². The molecule has 0 atom stereocenters. The number of benzene rings is 4. The second-order valence-electron chi connectivity index (χ2n) is 8.25. The lowest BCUT2D eigenvalue weighted by atomic mass is 10.1. The standard InChI is InChI=1S/C29H19Cl2NO5S/c30-20-11-12-23(24(31)17-20)28(34)37-21-8-3-5-18(15-21)16-26-27(33)32(29(35)38-26)13-14-36-25-10-4-7-19-6-1-2-9-22(19)25/h1-12,15-17H,13-14H2/b26-16-. The van der Waals surface area contributed by atoms with Gasteiger partial charge < -0.3 is 9.47 Å². The minimum absolute atomic E-state index is 0.116. The van der Waals surface area contributed by atoms with Gasteiger partial charge in [-0.2, -0.15) is 0 Å². The van der Waals surface area contributed by atoms with Crippen molar-refractivity contribution >= 4 is 68.9 Å². The normalized spacial score (nSPS) is 14.4. The fourth-order valence-corrected chi connectivity index (χ4v) is 5.25. The first-order valence-corrected chi connectivity index (χ1v) is 13.1. The third-order valence-corrected chi connectivity index (χ3v) is 7.17. The lowest BCUT2D eigenvalue weighted by molar-refractivity contribution is -0.123. The number of hydrogen-bond acceptors (Lipinski definition) is 6. The van der Waals surface area contributed by atoms with E-state index in [4.69, 9.17) is 32.7 Å². The number of fused-ring (bicyclic) bond motifs is 1. The van der Waals surface area contributed by atoms with E-state index in [0.29, 0.717) is 16.3 Å². The molecule has 0 bridgehead atoms. The monoisotopic (exact) mass is 563 g/mol. The molecular weight excluding hydrogens is 545 g/mol. The molecule has 1 saturated heterocycles. The summed E-state index contributed by atoms with van der Waals surface area (Å²) in [6.45, 7) is 0.281. The molecule has 0 unspecified atom stereocenters. The minimum Gasteiger partial charge on any atom is -0.491 e. The maximum absolute atomic E-state index is 12.9. The van der Waals surface area contributed by atoms with Crippen molar-refractivity contribution in [3.8, 4) is 11.5 Å². The van der Waals surface area contributed by atoms with Crippen molar-refractivity contribution in [3.63, 3.8) is 0 Å². The number of nitrogens with zero attached hydrogens (tertiary/aromatic N) is 1. The van der Waals surface area contributed by atoms with Crippen LogP contribution in [0.4, 0.5) is 4.79 Å². The van der Waals surface area contributed by atoms with Gasteiger partial charge in [0.25, 0.3) is 11.1 Å². The zero-order chi connectivity index (χ0) is 26.6. The first-order valence-electron chi connectivity index (χ1n) is 11.5. The van der Waals surface area contributed by atoms with Gasteiger partial charge in [0.15, 0.2) is 0 Å². The second kappa shape index (κ2) is 11.3. The summed E-state index contributed by atoms with van der Waals surface area (Å²) in [6, 6.07) is 24.7. The van der Waals surface area contributed by atoms with E-state index in [0.717, 1.165) is 27.4 Å². The zero-order valence-corrected chi connectivity index (χ0v) is 22.1. The number of hydrogen-bond donors (Lipinski definition) is 0. The molecule has 2 amide bonds. The van der Waals surface area contributed by atoms with Gasteiger partial charge in [0.05, 0.1) is 22.0 Å². The van der Waals surface area contributed by atoms with Crippen molar-refractivity contribution in [2.45, 2.75) is 0 Å². The van der Waals surface area contributed by atoms with Crippen molar-refractivity contribution in [3.05, 3.63) is 111 Å². The summed E-state index contributed by atoms with van der Waals surface area (Å²) in [6.07, 6.45) is 1.59. The molecule has 0 aliphatic carbocycles. The van der Waals surface area contributed by atoms with Crippen molar-refractivity contribution in [2.75, 3.05) is 13.2 Å². The Labute approximate surface area is 232 Å². The predicted molar refractivity (Wildman–Crippen MR) is 150 cm³/mol. The van der Waals surface area contributed by atoms with Crippen molar-refractivity contribution in [1.29, 1.82) is 0 Å². The molecule has 9 heteroatoms. The Hall–Kier alpha value is -3.78. The molecule has 0 aromatic heterocycles. The quantitative estimate of drug-likeness (QED) is 0.132. The van der Waals surface area contributed by atoms with Crippen LogP contribution in [0.5, 0.6) is 11.5 Å². The van der Waals surface area contributed by atoms with E-state index in [2.05, 4.69) is 0 Å². The number of rotatable bonds is 7. The molecule has 4 aromatic rings. The lowest BCUT2D eigenvalue weighted by Crippen LogP contribution is -2.32. The van der Waals surface area contributed by atoms with Crippen LogP contribution in [0.15, 0.2) is 89.8 Å². The molecule has 0 N–H and O–H groups in total. The van der Waals surface area contributed by atoms with Gasteiger partial charge in [-0.05, 0) is 65.2 Å². The van der Waals surface area contributed by atoms with Gasteiger partial charge in [0.2, 0.25) is 0 Å². The van der Waals surface area contributed by atoms with E-state index >= 15 is 0 Å². The van der Waals surface area contributed by atoms with E-state index in [1.54, 1.807) is 36.4 Å². The highest BCUT2D eigenvalue weighted by Gasteiger charge is 2.34. The molecule has 0 radical (unpaired) electrons. The molecule has 5 rings (SSSR count). The Balaban J connectivity index is 1.24. The van der Waals surface area contributed by atoms with Gasteiger partial charge in [-0.1, -0.05) is 71.7 Å². The van der Waals surface area contributed by atoms with Crippen LogP contribution in [0, 0.1) is 0 Å². The Morgan fingerprint density at radius 3 is 2.55 bits per heavy atom. The molecule has 6 nitrogen and oxygen atoms in total. The molecule has 0 saturated carbocycles. The Morgan fingerprint density at radius 2 is 1.71 bits per heavy atom. The number of thioether (sulfide) groups is 1. The summed E-state index contributed by atoms with van der Waals surface area (Å²) in [7, 11) is 0. The summed E-state index contributed by atoms with van der Waals surface area (Å²) in [4.78, 5) is 39.4. The Kier molecular flexibility index (Phi) is 7.69. The highest BCUT2D eigenvalue weighted by Crippen LogP contribution is 2.33. The summed E-state index contributed by atoms with van der Waals surface area (Å²) >= 11 is 12.8. The van der Waals surface area contributed by atoms with Gasteiger partial charge >= 0.3 is 5.97 Å². The molecule has 1 heterocycles. The van der Waals surface area contributed by atoms with Crippen LogP contribution in [0.2, 0.25) is 10.0 Å². The molecule has 190 valence electrons.